The molecule has 0 unspecified atom stereocenters. The van der Waals surface area contributed by atoms with Gasteiger partial charge in [0.15, 0.2) is 5.69 Å². The second kappa shape index (κ2) is 5.77. The summed E-state index contributed by atoms with van der Waals surface area (Å²) in [4.78, 5) is 14.9. The molecule has 94 valence electrons. The third-order valence-corrected chi connectivity index (χ3v) is 2.20. The second-order valence-electron chi connectivity index (χ2n) is 3.05. The van der Waals surface area contributed by atoms with Gasteiger partial charge in [0.05, 0.1) is 18.2 Å². The molecular formula is C10H10ClF2NO3. The fourth-order valence-corrected chi connectivity index (χ4v) is 1.42. The zero-order chi connectivity index (χ0) is 13.0. The predicted octanol–water partition coefficient (Wildman–Crippen LogP) is 2.64. The Hall–Kier alpha value is -1.43. The summed E-state index contributed by atoms with van der Waals surface area (Å²) in [5.41, 5.74) is -1.06. The molecule has 17 heavy (non-hydrogen) atoms. The third kappa shape index (κ3) is 3.03. The number of aromatic hydroxyl groups is 1. The quantitative estimate of drug-likeness (QED) is 0.672. The molecule has 0 aromatic carbocycles. The Balaban J connectivity index is 3.22. The van der Waals surface area contributed by atoms with Gasteiger partial charge in [0.1, 0.15) is 5.75 Å². The van der Waals surface area contributed by atoms with E-state index in [2.05, 4.69) is 9.72 Å². The highest BCUT2D eigenvalue weighted by molar-refractivity contribution is 6.17. The van der Waals surface area contributed by atoms with E-state index in [0.717, 1.165) is 6.07 Å². The van der Waals surface area contributed by atoms with Crippen LogP contribution in [0.25, 0.3) is 0 Å². The second-order valence-corrected chi connectivity index (χ2v) is 3.31. The first-order chi connectivity index (χ1) is 8.01. The highest BCUT2D eigenvalue weighted by Crippen LogP contribution is 2.28. The largest absolute Gasteiger partial charge is 0.505 e. The van der Waals surface area contributed by atoms with Crippen molar-refractivity contribution in [3.63, 3.8) is 0 Å². The van der Waals surface area contributed by atoms with Crippen LogP contribution in [0.2, 0.25) is 0 Å². The number of rotatable bonds is 4. The number of pyridine rings is 1. The highest BCUT2D eigenvalue weighted by atomic mass is 35.5. The first-order valence-electron chi connectivity index (χ1n) is 4.75. The summed E-state index contributed by atoms with van der Waals surface area (Å²) in [6.07, 6.45) is -2.82. The number of nitrogens with zero attached hydrogens (tertiary/aromatic N) is 1. The molecule has 1 aromatic rings. The Morgan fingerprint density at radius 1 is 1.65 bits per heavy atom. The number of carbonyl (C=O) groups excluding carboxylic acids is 1. The minimum Gasteiger partial charge on any atom is -0.505 e. The Morgan fingerprint density at radius 3 is 2.76 bits per heavy atom. The summed E-state index contributed by atoms with van der Waals surface area (Å²) in [5.74, 6) is -1.81. The maximum Gasteiger partial charge on any atom is 0.360 e. The van der Waals surface area contributed by atoms with Crippen molar-refractivity contribution in [1.29, 1.82) is 0 Å². The molecule has 0 saturated carbocycles. The number of aromatic nitrogens is 1. The van der Waals surface area contributed by atoms with Crippen molar-refractivity contribution in [3.8, 4) is 5.75 Å². The van der Waals surface area contributed by atoms with E-state index in [0.29, 0.717) is 0 Å². The van der Waals surface area contributed by atoms with Crippen LogP contribution in [0.1, 0.15) is 35.1 Å². The van der Waals surface area contributed by atoms with E-state index in [9.17, 15) is 18.7 Å². The van der Waals surface area contributed by atoms with Gasteiger partial charge in [0.2, 0.25) is 0 Å². The summed E-state index contributed by atoms with van der Waals surface area (Å²) in [6, 6.07) is 0.779. The molecule has 1 heterocycles. The van der Waals surface area contributed by atoms with Crippen LogP contribution in [-0.2, 0) is 10.6 Å². The van der Waals surface area contributed by atoms with E-state index in [4.69, 9.17) is 11.6 Å². The van der Waals surface area contributed by atoms with Crippen LogP contribution in [0.4, 0.5) is 8.78 Å². The summed E-state index contributed by atoms with van der Waals surface area (Å²) in [5, 5.41) is 9.42. The van der Waals surface area contributed by atoms with Crippen molar-refractivity contribution in [1.82, 2.24) is 4.98 Å². The topological polar surface area (TPSA) is 59.4 Å². The summed E-state index contributed by atoms with van der Waals surface area (Å²) in [6.45, 7) is 1.66. The molecule has 0 saturated heterocycles. The van der Waals surface area contributed by atoms with Gasteiger partial charge >= 0.3 is 5.97 Å². The van der Waals surface area contributed by atoms with Crippen LogP contribution >= 0.6 is 11.6 Å². The average Bonchev–Trinajstić information content (AvgIpc) is 2.28. The number of hydrogen-bond acceptors (Lipinski definition) is 4. The average molecular weight is 266 g/mol. The zero-order valence-corrected chi connectivity index (χ0v) is 9.67. The third-order valence-electron chi connectivity index (χ3n) is 1.95. The van der Waals surface area contributed by atoms with Gasteiger partial charge in [-0.1, -0.05) is 0 Å². The number of halogens is 3. The van der Waals surface area contributed by atoms with Crippen molar-refractivity contribution >= 4 is 17.6 Å². The number of ether oxygens (including phenoxy) is 1. The lowest BCUT2D eigenvalue weighted by Crippen LogP contribution is -2.10. The lowest BCUT2D eigenvalue weighted by Gasteiger charge is -2.09. The molecule has 0 fully saturated rings. The number of esters is 1. The van der Waals surface area contributed by atoms with Gasteiger partial charge in [-0.25, -0.2) is 18.6 Å². The SMILES string of the molecule is CCOC(=O)c1nc(CCl)c(C(F)F)cc1O. The molecule has 1 aromatic heterocycles. The molecule has 0 bridgehead atoms. The van der Waals surface area contributed by atoms with E-state index in [1.54, 1.807) is 6.92 Å². The van der Waals surface area contributed by atoms with E-state index >= 15 is 0 Å². The maximum atomic E-state index is 12.5. The smallest absolute Gasteiger partial charge is 0.360 e. The molecule has 1 rings (SSSR count). The van der Waals surface area contributed by atoms with Crippen LogP contribution in [0.15, 0.2) is 6.07 Å². The van der Waals surface area contributed by atoms with Crippen molar-refractivity contribution in [2.75, 3.05) is 6.61 Å². The molecular weight excluding hydrogens is 256 g/mol. The first kappa shape index (κ1) is 13.6. The Labute approximate surface area is 101 Å². The normalized spacial score (nSPS) is 10.6. The van der Waals surface area contributed by atoms with Crippen LogP contribution in [0.3, 0.4) is 0 Å². The standard InChI is InChI=1S/C10H10ClF2NO3/c1-2-17-10(16)8-7(15)3-5(9(12)13)6(4-11)14-8/h3,9,15H,2,4H2,1H3. The molecule has 7 heteroatoms. The summed E-state index contributed by atoms with van der Waals surface area (Å²) in [7, 11) is 0. The zero-order valence-electron chi connectivity index (χ0n) is 8.91. The van der Waals surface area contributed by atoms with E-state index in [1.807, 2.05) is 0 Å². The van der Waals surface area contributed by atoms with E-state index in [-0.39, 0.29) is 18.2 Å². The van der Waals surface area contributed by atoms with Crippen LogP contribution in [0, 0.1) is 0 Å². The minimum atomic E-state index is -2.82. The van der Waals surface area contributed by atoms with Gasteiger partial charge in [-0.2, -0.15) is 0 Å². The molecule has 0 atom stereocenters. The van der Waals surface area contributed by atoms with Crippen molar-refractivity contribution in [2.45, 2.75) is 19.2 Å². The van der Waals surface area contributed by atoms with Gasteiger partial charge in [-0.15, -0.1) is 11.6 Å². The molecule has 0 aliphatic heterocycles. The molecule has 4 nitrogen and oxygen atoms in total. The van der Waals surface area contributed by atoms with Crippen LogP contribution in [0.5, 0.6) is 5.75 Å². The van der Waals surface area contributed by atoms with Gasteiger partial charge in [0, 0.05) is 5.56 Å². The Morgan fingerprint density at radius 2 is 2.29 bits per heavy atom. The molecule has 0 amide bonds. The number of hydrogen-bond donors (Lipinski definition) is 1. The Kier molecular flexibility index (Phi) is 4.62. The summed E-state index contributed by atoms with van der Waals surface area (Å²) < 4.78 is 29.7. The van der Waals surface area contributed by atoms with Crippen molar-refractivity contribution in [2.24, 2.45) is 0 Å². The maximum absolute atomic E-state index is 12.5. The monoisotopic (exact) mass is 265 g/mol. The van der Waals surface area contributed by atoms with Crippen LogP contribution < -0.4 is 0 Å². The fraction of sp³-hybridized carbons (Fsp3) is 0.400. The lowest BCUT2D eigenvalue weighted by molar-refractivity contribution is 0.0514. The molecule has 0 spiro atoms. The predicted molar refractivity (Wildman–Crippen MR) is 56.4 cm³/mol. The van der Waals surface area contributed by atoms with Gasteiger partial charge < -0.3 is 9.84 Å². The molecule has 0 aliphatic rings. The molecule has 1 N–H and O–H groups in total. The Bertz CT molecular complexity index is 426. The van der Waals surface area contributed by atoms with Crippen molar-refractivity contribution in [3.05, 3.63) is 23.0 Å². The summed E-state index contributed by atoms with van der Waals surface area (Å²) >= 11 is 5.45. The van der Waals surface area contributed by atoms with Crippen molar-refractivity contribution < 1.29 is 23.4 Å². The lowest BCUT2D eigenvalue weighted by atomic mass is 10.1. The number of carbonyl (C=O) groups is 1. The van der Waals surface area contributed by atoms with E-state index < -0.39 is 29.4 Å². The number of alkyl halides is 3. The highest BCUT2D eigenvalue weighted by Gasteiger charge is 2.21. The van der Waals surface area contributed by atoms with Gasteiger partial charge in [-0.3, -0.25) is 0 Å². The fourth-order valence-electron chi connectivity index (χ4n) is 1.20. The van der Waals surface area contributed by atoms with E-state index in [1.165, 1.54) is 0 Å². The first-order valence-corrected chi connectivity index (χ1v) is 5.28. The minimum absolute atomic E-state index is 0.0900. The molecule has 0 radical (unpaired) electrons. The van der Waals surface area contributed by atoms with Gasteiger partial charge in [0.25, 0.3) is 6.43 Å². The molecule has 0 aliphatic carbocycles. The van der Waals surface area contributed by atoms with Gasteiger partial charge in [-0.05, 0) is 13.0 Å². The van der Waals surface area contributed by atoms with Crippen LogP contribution in [-0.4, -0.2) is 22.7 Å².